The minimum Gasteiger partial charge on any atom is -0.459 e. The van der Waals surface area contributed by atoms with Crippen molar-refractivity contribution >= 4 is 16.7 Å². The molecular formula is C18H14FNO2. The normalized spacial score (nSPS) is 10.6. The third-order valence-electron chi connectivity index (χ3n) is 3.37. The number of carbonyl (C=O) groups excluding carboxylic acids is 1. The van der Waals surface area contributed by atoms with E-state index in [0.717, 1.165) is 22.0 Å². The molecule has 0 aliphatic carbocycles. The number of hydrogen-bond acceptors (Lipinski definition) is 3. The van der Waals surface area contributed by atoms with Gasteiger partial charge in [0.2, 0.25) is 0 Å². The fourth-order valence-corrected chi connectivity index (χ4v) is 2.32. The molecule has 0 aliphatic rings. The number of fused-ring (bicyclic) bond motifs is 1. The molecular weight excluding hydrogens is 281 g/mol. The lowest BCUT2D eigenvalue weighted by Crippen LogP contribution is -2.02. The van der Waals surface area contributed by atoms with Gasteiger partial charge in [0.1, 0.15) is 12.4 Å². The van der Waals surface area contributed by atoms with E-state index in [0.29, 0.717) is 5.69 Å². The van der Waals surface area contributed by atoms with Gasteiger partial charge < -0.3 is 4.74 Å². The van der Waals surface area contributed by atoms with Crippen LogP contribution in [0.15, 0.2) is 54.6 Å². The maximum Gasteiger partial charge on any atom is 0.303 e. The molecule has 0 bridgehead atoms. The number of aromatic nitrogens is 1. The van der Waals surface area contributed by atoms with E-state index in [9.17, 15) is 9.18 Å². The molecule has 0 atom stereocenters. The minimum absolute atomic E-state index is 0.116. The van der Waals surface area contributed by atoms with Crippen molar-refractivity contribution in [3.05, 3.63) is 66.1 Å². The number of rotatable bonds is 3. The fraction of sp³-hybridized carbons (Fsp3) is 0.111. The van der Waals surface area contributed by atoms with Crippen LogP contribution in [0.3, 0.4) is 0 Å². The summed E-state index contributed by atoms with van der Waals surface area (Å²) in [5.74, 6) is -0.636. The Labute approximate surface area is 127 Å². The summed E-state index contributed by atoms with van der Waals surface area (Å²) in [6.45, 7) is 1.48. The monoisotopic (exact) mass is 295 g/mol. The molecule has 1 heterocycles. The Morgan fingerprint density at radius 3 is 2.59 bits per heavy atom. The Morgan fingerprint density at radius 1 is 1.14 bits per heavy atom. The van der Waals surface area contributed by atoms with E-state index in [2.05, 4.69) is 4.98 Å². The third kappa shape index (κ3) is 2.96. The van der Waals surface area contributed by atoms with Crippen molar-refractivity contribution in [2.75, 3.05) is 0 Å². The van der Waals surface area contributed by atoms with Crippen LogP contribution in [0, 0.1) is 5.82 Å². The van der Waals surface area contributed by atoms with Crippen molar-refractivity contribution in [2.24, 2.45) is 0 Å². The van der Waals surface area contributed by atoms with Crippen molar-refractivity contribution < 1.29 is 13.9 Å². The summed E-state index contributed by atoms with van der Waals surface area (Å²) in [5, 5.41) is 1.94. The van der Waals surface area contributed by atoms with Crippen LogP contribution in [0.2, 0.25) is 0 Å². The number of esters is 1. The van der Waals surface area contributed by atoms with Crippen molar-refractivity contribution in [1.29, 1.82) is 0 Å². The highest BCUT2D eigenvalue weighted by Gasteiger charge is 2.09. The van der Waals surface area contributed by atoms with Crippen molar-refractivity contribution in [3.8, 4) is 11.3 Å². The number of nitrogens with zero attached hydrogens (tertiary/aromatic N) is 1. The molecule has 0 aliphatic heterocycles. The molecule has 3 aromatic rings. The molecule has 22 heavy (non-hydrogen) atoms. The highest BCUT2D eigenvalue weighted by atomic mass is 19.1. The van der Waals surface area contributed by atoms with Crippen LogP contribution in [-0.2, 0) is 16.1 Å². The highest BCUT2D eigenvalue weighted by Crippen LogP contribution is 2.25. The van der Waals surface area contributed by atoms with Gasteiger partial charge in [0.15, 0.2) is 0 Å². The molecule has 3 rings (SSSR count). The van der Waals surface area contributed by atoms with Gasteiger partial charge in [-0.3, -0.25) is 4.79 Å². The molecule has 0 saturated heterocycles. The van der Waals surface area contributed by atoms with Gasteiger partial charge in [0, 0.05) is 17.9 Å². The molecule has 0 radical (unpaired) electrons. The molecule has 110 valence electrons. The third-order valence-corrected chi connectivity index (χ3v) is 3.37. The van der Waals surface area contributed by atoms with Crippen LogP contribution in [-0.4, -0.2) is 11.0 Å². The average Bonchev–Trinajstić information content (AvgIpc) is 2.53. The van der Waals surface area contributed by atoms with E-state index < -0.39 is 0 Å². The summed E-state index contributed by atoms with van der Waals surface area (Å²) in [7, 11) is 0. The van der Waals surface area contributed by atoms with Gasteiger partial charge >= 0.3 is 5.97 Å². The van der Waals surface area contributed by atoms with Gasteiger partial charge in [0.25, 0.3) is 0 Å². The predicted molar refractivity (Wildman–Crippen MR) is 82.6 cm³/mol. The second kappa shape index (κ2) is 5.93. The zero-order chi connectivity index (χ0) is 15.5. The number of halogens is 1. The van der Waals surface area contributed by atoms with Crippen LogP contribution in [0.25, 0.3) is 22.0 Å². The van der Waals surface area contributed by atoms with Gasteiger partial charge in [-0.05, 0) is 35.7 Å². The van der Waals surface area contributed by atoms with Crippen LogP contribution < -0.4 is 0 Å². The van der Waals surface area contributed by atoms with E-state index in [1.54, 1.807) is 12.1 Å². The van der Waals surface area contributed by atoms with Crippen molar-refractivity contribution in [1.82, 2.24) is 4.98 Å². The second-order valence-electron chi connectivity index (χ2n) is 4.96. The maximum absolute atomic E-state index is 13.1. The zero-order valence-corrected chi connectivity index (χ0v) is 12.0. The summed E-state index contributed by atoms with van der Waals surface area (Å²) in [4.78, 5) is 15.6. The van der Waals surface area contributed by atoms with Crippen LogP contribution in [0.5, 0.6) is 0 Å². The van der Waals surface area contributed by atoms with E-state index in [-0.39, 0.29) is 18.4 Å². The molecule has 0 fully saturated rings. The van der Waals surface area contributed by atoms with Crippen LogP contribution in [0.1, 0.15) is 12.6 Å². The van der Waals surface area contributed by atoms with E-state index >= 15 is 0 Å². The number of ether oxygens (including phenoxy) is 1. The molecule has 0 amide bonds. The quantitative estimate of drug-likeness (QED) is 0.683. The van der Waals surface area contributed by atoms with E-state index in [1.165, 1.54) is 19.1 Å². The minimum atomic E-state index is -0.349. The summed E-state index contributed by atoms with van der Waals surface area (Å²) < 4.78 is 18.2. The van der Waals surface area contributed by atoms with Crippen molar-refractivity contribution in [3.63, 3.8) is 0 Å². The standard InChI is InChI=1S/C18H14FNO2/c1-12(21)22-11-18-16-5-3-2-4-14(16)10-17(20-18)13-6-8-15(19)9-7-13/h2-10H,11H2,1H3. The zero-order valence-electron chi connectivity index (χ0n) is 12.0. The molecule has 2 aromatic carbocycles. The lowest BCUT2D eigenvalue weighted by molar-refractivity contribution is -0.142. The Bertz CT molecular complexity index is 828. The first-order valence-electron chi connectivity index (χ1n) is 6.91. The average molecular weight is 295 g/mol. The molecule has 0 saturated carbocycles. The fourth-order valence-electron chi connectivity index (χ4n) is 2.32. The predicted octanol–water partition coefficient (Wildman–Crippen LogP) is 4.10. The second-order valence-corrected chi connectivity index (χ2v) is 4.96. The Hall–Kier alpha value is -2.75. The largest absolute Gasteiger partial charge is 0.459 e. The van der Waals surface area contributed by atoms with E-state index in [4.69, 9.17) is 4.74 Å². The molecule has 1 aromatic heterocycles. The molecule has 4 heteroatoms. The first kappa shape index (κ1) is 14.2. The Morgan fingerprint density at radius 2 is 1.86 bits per heavy atom. The number of benzene rings is 2. The first-order valence-corrected chi connectivity index (χ1v) is 6.91. The smallest absolute Gasteiger partial charge is 0.303 e. The molecule has 0 unspecified atom stereocenters. The number of carbonyl (C=O) groups is 1. The lowest BCUT2D eigenvalue weighted by atomic mass is 10.0. The van der Waals surface area contributed by atoms with Gasteiger partial charge in [-0.25, -0.2) is 9.37 Å². The van der Waals surface area contributed by atoms with E-state index in [1.807, 2.05) is 30.3 Å². The Balaban J connectivity index is 2.11. The maximum atomic E-state index is 13.1. The van der Waals surface area contributed by atoms with Crippen LogP contribution >= 0.6 is 0 Å². The molecule has 3 nitrogen and oxygen atoms in total. The number of hydrogen-bond donors (Lipinski definition) is 0. The molecule has 0 N–H and O–H groups in total. The summed E-state index contributed by atoms with van der Waals surface area (Å²) in [5.41, 5.74) is 2.23. The summed E-state index contributed by atoms with van der Waals surface area (Å²) >= 11 is 0. The van der Waals surface area contributed by atoms with Crippen LogP contribution in [0.4, 0.5) is 4.39 Å². The topological polar surface area (TPSA) is 39.2 Å². The van der Waals surface area contributed by atoms with Gasteiger partial charge in [0.05, 0.1) is 11.4 Å². The summed E-state index contributed by atoms with van der Waals surface area (Å²) in [6.07, 6.45) is 0. The summed E-state index contributed by atoms with van der Waals surface area (Å²) in [6, 6.07) is 15.9. The van der Waals surface area contributed by atoms with Gasteiger partial charge in [-0.1, -0.05) is 24.3 Å². The van der Waals surface area contributed by atoms with Crippen molar-refractivity contribution in [2.45, 2.75) is 13.5 Å². The first-order chi connectivity index (χ1) is 10.6. The lowest BCUT2D eigenvalue weighted by Gasteiger charge is -2.10. The molecule has 0 spiro atoms. The van der Waals surface area contributed by atoms with Gasteiger partial charge in [-0.2, -0.15) is 0 Å². The van der Waals surface area contributed by atoms with Gasteiger partial charge in [-0.15, -0.1) is 0 Å². The SMILES string of the molecule is CC(=O)OCc1nc(-c2ccc(F)cc2)cc2ccccc12. The number of pyridine rings is 1. The Kier molecular flexibility index (Phi) is 3.83. The highest BCUT2D eigenvalue weighted by molar-refractivity contribution is 5.88.